The Balaban J connectivity index is 1.74. The van der Waals surface area contributed by atoms with E-state index in [1.54, 1.807) is 28.9 Å². The number of nitrogens with zero attached hydrogens (tertiary/aromatic N) is 3. The maximum absolute atomic E-state index is 11.9. The van der Waals surface area contributed by atoms with Crippen molar-refractivity contribution in [2.24, 2.45) is 7.05 Å². The molecule has 6 heteroatoms. The molecule has 0 aliphatic carbocycles. The van der Waals surface area contributed by atoms with Gasteiger partial charge in [0.2, 0.25) is 5.91 Å². The van der Waals surface area contributed by atoms with E-state index in [-0.39, 0.29) is 5.91 Å². The number of carbonyl (C=O) groups is 1. The molecule has 1 amide bonds. The van der Waals surface area contributed by atoms with Gasteiger partial charge in [-0.05, 0) is 31.3 Å². The highest BCUT2D eigenvalue weighted by Gasteiger charge is 2.06. The van der Waals surface area contributed by atoms with E-state index < -0.39 is 0 Å². The molecule has 0 atom stereocenters. The Morgan fingerprint density at radius 1 is 1.38 bits per heavy atom. The number of amides is 1. The number of nitrogen functional groups attached to an aromatic ring is 1. The van der Waals surface area contributed by atoms with Crippen LogP contribution in [0.15, 0.2) is 36.7 Å². The summed E-state index contributed by atoms with van der Waals surface area (Å²) in [5.41, 5.74) is 8.19. The van der Waals surface area contributed by atoms with Gasteiger partial charge in [-0.3, -0.25) is 9.48 Å². The zero-order chi connectivity index (χ0) is 15.2. The Hall–Kier alpha value is -2.34. The van der Waals surface area contributed by atoms with Gasteiger partial charge in [0.15, 0.2) is 0 Å². The largest absolute Gasteiger partial charge is 0.399 e. The van der Waals surface area contributed by atoms with Crippen LogP contribution in [0.2, 0.25) is 0 Å². The molecule has 1 heterocycles. The van der Waals surface area contributed by atoms with Gasteiger partial charge in [-0.25, -0.2) is 0 Å². The van der Waals surface area contributed by atoms with E-state index in [0.29, 0.717) is 18.7 Å². The van der Waals surface area contributed by atoms with Crippen molar-refractivity contribution in [2.45, 2.75) is 13.0 Å². The minimum absolute atomic E-state index is 0.00203. The fraction of sp³-hybridized carbons (Fsp3) is 0.333. The van der Waals surface area contributed by atoms with Crippen molar-refractivity contribution < 1.29 is 4.79 Å². The molecule has 0 bridgehead atoms. The summed E-state index contributed by atoms with van der Waals surface area (Å²) in [6.07, 6.45) is 4.26. The van der Waals surface area contributed by atoms with E-state index in [9.17, 15) is 4.79 Å². The van der Waals surface area contributed by atoms with Gasteiger partial charge in [0, 0.05) is 49.7 Å². The van der Waals surface area contributed by atoms with E-state index in [1.807, 2.05) is 26.5 Å². The maximum atomic E-state index is 11.9. The van der Waals surface area contributed by atoms with E-state index in [2.05, 4.69) is 15.3 Å². The van der Waals surface area contributed by atoms with Gasteiger partial charge in [-0.1, -0.05) is 0 Å². The number of nitrogens with two attached hydrogens (primary N) is 1. The van der Waals surface area contributed by atoms with Crippen LogP contribution in [0.5, 0.6) is 0 Å². The first kappa shape index (κ1) is 15.1. The lowest BCUT2D eigenvalue weighted by Gasteiger charge is -2.15. The minimum Gasteiger partial charge on any atom is -0.399 e. The summed E-state index contributed by atoms with van der Waals surface area (Å²) in [5.74, 6) is -0.00203. The molecule has 0 radical (unpaired) electrons. The second-order valence-corrected chi connectivity index (χ2v) is 5.18. The van der Waals surface area contributed by atoms with Crippen molar-refractivity contribution >= 4 is 17.3 Å². The number of nitrogens with one attached hydrogen (secondary N) is 1. The van der Waals surface area contributed by atoms with Gasteiger partial charge < -0.3 is 16.0 Å². The molecule has 0 unspecified atom stereocenters. The Morgan fingerprint density at radius 2 is 2.10 bits per heavy atom. The average molecular weight is 287 g/mol. The monoisotopic (exact) mass is 287 g/mol. The number of hydrogen-bond acceptors (Lipinski definition) is 4. The summed E-state index contributed by atoms with van der Waals surface area (Å²) in [5, 5.41) is 6.98. The van der Waals surface area contributed by atoms with E-state index >= 15 is 0 Å². The third-order valence-corrected chi connectivity index (χ3v) is 3.13. The molecule has 6 nitrogen and oxygen atoms in total. The van der Waals surface area contributed by atoms with Crippen molar-refractivity contribution in [3.8, 4) is 0 Å². The molecule has 2 rings (SSSR count). The third kappa shape index (κ3) is 4.92. The maximum Gasteiger partial charge on any atom is 0.225 e. The number of hydrogen-bond donors (Lipinski definition) is 2. The van der Waals surface area contributed by atoms with Crippen molar-refractivity contribution in [1.29, 1.82) is 0 Å². The normalized spacial score (nSPS) is 10.8. The molecule has 1 aromatic carbocycles. The van der Waals surface area contributed by atoms with Gasteiger partial charge in [0.25, 0.3) is 0 Å². The number of aromatic nitrogens is 2. The van der Waals surface area contributed by atoms with Gasteiger partial charge in [0.05, 0.1) is 6.20 Å². The van der Waals surface area contributed by atoms with Crippen LogP contribution in [0.1, 0.15) is 12.0 Å². The van der Waals surface area contributed by atoms with Crippen molar-refractivity contribution in [3.63, 3.8) is 0 Å². The number of anilines is 2. The van der Waals surface area contributed by atoms with Gasteiger partial charge in [0.1, 0.15) is 0 Å². The highest BCUT2D eigenvalue weighted by molar-refractivity contribution is 5.90. The number of benzene rings is 1. The minimum atomic E-state index is -0.00203. The van der Waals surface area contributed by atoms with Crippen LogP contribution in [-0.2, 0) is 18.4 Å². The first-order valence-electron chi connectivity index (χ1n) is 6.84. The number of rotatable bonds is 6. The fourth-order valence-electron chi connectivity index (χ4n) is 2.03. The zero-order valence-corrected chi connectivity index (χ0v) is 12.4. The summed E-state index contributed by atoms with van der Waals surface area (Å²) in [7, 11) is 3.88. The fourth-order valence-corrected chi connectivity index (χ4v) is 2.03. The smallest absolute Gasteiger partial charge is 0.225 e. The lowest BCUT2D eigenvalue weighted by atomic mass is 10.2. The summed E-state index contributed by atoms with van der Waals surface area (Å²) in [6.45, 7) is 1.47. The predicted octanol–water partition coefficient (Wildman–Crippen LogP) is 1.46. The van der Waals surface area contributed by atoms with E-state index in [4.69, 9.17) is 5.73 Å². The number of aryl methyl sites for hydroxylation is 1. The summed E-state index contributed by atoms with van der Waals surface area (Å²) < 4.78 is 1.77. The van der Waals surface area contributed by atoms with Gasteiger partial charge in [-0.2, -0.15) is 5.10 Å². The first-order valence-corrected chi connectivity index (χ1v) is 6.84. The predicted molar refractivity (Wildman–Crippen MR) is 83.6 cm³/mol. The van der Waals surface area contributed by atoms with Crippen LogP contribution in [0.3, 0.4) is 0 Å². The molecule has 2 aromatic rings. The molecule has 112 valence electrons. The molecule has 1 aromatic heterocycles. The zero-order valence-electron chi connectivity index (χ0n) is 12.4. The van der Waals surface area contributed by atoms with Crippen LogP contribution >= 0.6 is 0 Å². The Labute approximate surface area is 124 Å². The second-order valence-electron chi connectivity index (χ2n) is 5.18. The van der Waals surface area contributed by atoms with Crippen molar-refractivity contribution in [1.82, 2.24) is 14.7 Å². The summed E-state index contributed by atoms with van der Waals surface area (Å²) in [4.78, 5) is 14.0. The molecule has 3 N–H and O–H groups in total. The lowest BCUT2D eigenvalue weighted by Crippen LogP contribution is -2.23. The lowest BCUT2D eigenvalue weighted by molar-refractivity contribution is -0.116. The van der Waals surface area contributed by atoms with Crippen LogP contribution in [0, 0.1) is 0 Å². The van der Waals surface area contributed by atoms with Crippen molar-refractivity contribution in [2.75, 3.05) is 24.6 Å². The highest BCUT2D eigenvalue weighted by Crippen LogP contribution is 2.11. The Bertz CT molecular complexity index is 590. The van der Waals surface area contributed by atoms with Crippen molar-refractivity contribution in [3.05, 3.63) is 42.2 Å². The van der Waals surface area contributed by atoms with Crippen LogP contribution < -0.4 is 11.1 Å². The van der Waals surface area contributed by atoms with Crippen LogP contribution in [-0.4, -0.2) is 34.2 Å². The summed E-state index contributed by atoms with van der Waals surface area (Å²) >= 11 is 0. The molecular weight excluding hydrogens is 266 g/mol. The summed E-state index contributed by atoms with van der Waals surface area (Å²) in [6, 6.07) is 7.13. The van der Waals surface area contributed by atoms with Crippen LogP contribution in [0.4, 0.5) is 11.4 Å². The SMILES string of the molecule is CN(CCC(=O)Nc1ccc(N)cc1)Cc1cnn(C)c1. The molecular formula is C15H21N5O. The van der Waals surface area contributed by atoms with E-state index in [1.165, 1.54) is 0 Å². The average Bonchev–Trinajstić information content (AvgIpc) is 2.84. The molecule has 0 aliphatic rings. The molecule has 0 fully saturated rings. The van der Waals surface area contributed by atoms with Crippen LogP contribution in [0.25, 0.3) is 0 Å². The molecule has 0 saturated heterocycles. The topological polar surface area (TPSA) is 76.2 Å². The quantitative estimate of drug-likeness (QED) is 0.789. The first-order chi connectivity index (χ1) is 10.0. The highest BCUT2D eigenvalue weighted by atomic mass is 16.1. The number of carbonyl (C=O) groups excluding carboxylic acids is 1. The van der Waals surface area contributed by atoms with Gasteiger partial charge >= 0.3 is 0 Å². The second kappa shape index (κ2) is 6.90. The Kier molecular flexibility index (Phi) is 4.94. The Morgan fingerprint density at radius 3 is 2.71 bits per heavy atom. The standard InChI is InChI=1S/C15H21N5O/c1-19(10-12-9-17-20(2)11-12)8-7-15(21)18-14-5-3-13(16)4-6-14/h3-6,9,11H,7-8,10,16H2,1-2H3,(H,18,21). The molecule has 0 saturated carbocycles. The molecule has 21 heavy (non-hydrogen) atoms. The molecule has 0 spiro atoms. The molecule has 0 aliphatic heterocycles. The third-order valence-electron chi connectivity index (χ3n) is 3.13. The van der Waals surface area contributed by atoms with Gasteiger partial charge in [-0.15, -0.1) is 0 Å². The van der Waals surface area contributed by atoms with E-state index in [0.717, 1.165) is 17.8 Å².